The average molecular weight is 466 g/mol. The molecular formula is C25H33ClFNO4. The molecule has 7 heteroatoms. The van der Waals surface area contributed by atoms with Gasteiger partial charge in [0.05, 0.1) is 18.6 Å². The normalized spacial score (nSPS) is 30.8. The van der Waals surface area contributed by atoms with E-state index in [0.717, 1.165) is 12.0 Å². The molecule has 4 unspecified atom stereocenters. The van der Waals surface area contributed by atoms with Crippen LogP contribution in [-0.2, 0) is 4.79 Å². The van der Waals surface area contributed by atoms with E-state index >= 15 is 0 Å². The average Bonchev–Trinajstić information content (AvgIpc) is 3.49. The molecule has 1 aliphatic heterocycles. The summed E-state index contributed by atoms with van der Waals surface area (Å²) in [4.78, 5) is 10.8. The molecule has 0 amide bonds. The van der Waals surface area contributed by atoms with E-state index in [0.29, 0.717) is 22.9 Å². The van der Waals surface area contributed by atoms with Gasteiger partial charge < -0.3 is 20.6 Å². The van der Waals surface area contributed by atoms with Gasteiger partial charge in [-0.25, -0.2) is 4.39 Å². The van der Waals surface area contributed by atoms with Crippen molar-refractivity contribution in [2.75, 3.05) is 0 Å². The maximum Gasteiger partial charge on any atom is 0.305 e. The number of rotatable bonds is 9. The second kappa shape index (κ2) is 10.2. The Kier molecular flexibility index (Phi) is 7.55. The van der Waals surface area contributed by atoms with Crippen LogP contribution in [0.15, 0.2) is 30.4 Å². The summed E-state index contributed by atoms with van der Waals surface area (Å²) in [7, 11) is 0. The quantitative estimate of drug-likeness (QED) is 0.409. The van der Waals surface area contributed by atoms with E-state index in [-0.39, 0.29) is 30.1 Å². The summed E-state index contributed by atoms with van der Waals surface area (Å²) in [6.45, 7) is 0. The molecule has 32 heavy (non-hydrogen) atoms. The van der Waals surface area contributed by atoms with E-state index in [9.17, 15) is 19.4 Å². The first-order chi connectivity index (χ1) is 15.3. The highest BCUT2D eigenvalue weighted by atomic mass is 35.5. The fourth-order valence-corrected chi connectivity index (χ4v) is 5.78. The number of nitrogens with one attached hydrogen (secondary N) is 1. The van der Waals surface area contributed by atoms with Gasteiger partial charge in [-0.05, 0) is 73.5 Å². The highest BCUT2D eigenvalue weighted by Crippen LogP contribution is 2.49. The summed E-state index contributed by atoms with van der Waals surface area (Å²) in [6.07, 6.45) is 8.20. The van der Waals surface area contributed by atoms with Gasteiger partial charge in [-0.15, -0.1) is 0 Å². The number of aliphatic hydroxyl groups excluding tert-OH is 2. The van der Waals surface area contributed by atoms with E-state index in [1.807, 2.05) is 6.08 Å². The van der Waals surface area contributed by atoms with Crippen LogP contribution in [0.25, 0.3) is 0 Å². The molecule has 0 spiro atoms. The largest absolute Gasteiger partial charge is 0.481 e. The summed E-state index contributed by atoms with van der Waals surface area (Å²) in [5.74, 6) is -0.0228. The third-order valence-corrected chi connectivity index (χ3v) is 7.81. The molecule has 1 heterocycles. The van der Waals surface area contributed by atoms with E-state index in [1.54, 1.807) is 12.1 Å². The lowest BCUT2D eigenvalue weighted by molar-refractivity contribution is -0.139. The van der Waals surface area contributed by atoms with Gasteiger partial charge in [0.2, 0.25) is 0 Å². The molecule has 6 atom stereocenters. The zero-order chi connectivity index (χ0) is 22.8. The van der Waals surface area contributed by atoms with Crippen molar-refractivity contribution in [3.63, 3.8) is 0 Å². The molecule has 1 saturated heterocycles. The van der Waals surface area contributed by atoms with E-state index in [1.165, 1.54) is 44.2 Å². The number of carbonyl (C=O) groups is 1. The van der Waals surface area contributed by atoms with Gasteiger partial charge >= 0.3 is 5.97 Å². The summed E-state index contributed by atoms with van der Waals surface area (Å²) < 4.78 is 13.8. The Morgan fingerprint density at radius 3 is 2.56 bits per heavy atom. The predicted molar refractivity (Wildman–Crippen MR) is 121 cm³/mol. The number of benzene rings is 1. The van der Waals surface area contributed by atoms with E-state index < -0.39 is 24.6 Å². The Balaban J connectivity index is 1.58. The molecule has 4 N–H and O–H groups in total. The topological polar surface area (TPSA) is 89.8 Å². The Bertz CT molecular complexity index is 841. The third-order valence-electron chi connectivity index (χ3n) is 7.48. The van der Waals surface area contributed by atoms with Gasteiger partial charge in [-0.3, -0.25) is 4.79 Å². The highest BCUT2D eigenvalue weighted by Gasteiger charge is 2.46. The standard InChI is InChI=1S/C25H33ClFNO4/c26-22-10-16(27)6-8-19(22)21-13-23(14-4-5-14)28-25(15-2-1-3-15)20(21)9-7-17(29)11-18(30)12-24(31)32/h6-10,14-15,17-18,20-21,23,25,28-30H,1-5,11-13H2,(H,31,32)/b9-7+/t17-,18-,20?,21?,23?,25?/m1/s1. The maximum atomic E-state index is 13.8. The molecule has 3 aliphatic rings. The van der Waals surface area contributed by atoms with E-state index in [2.05, 4.69) is 5.32 Å². The molecule has 0 bridgehead atoms. The number of hydrogen-bond acceptors (Lipinski definition) is 4. The Hall–Kier alpha value is -1.47. The number of piperidine rings is 1. The molecule has 0 aromatic heterocycles. The van der Waals surface area contributed by atoms with Gasteiger partial charge in [-0.1, -0.05) is 36.2 Å². The molecule has 0 radical (unpaired) electrons. The summed E-state index contributed by atoms with van der Waals surface area (Å²) in [5, 5.41) is 33.5. The summed E-state index contributed by atoms with van der Waals surface area (Å²) >= 11 is 6.50. The van der Waals surface area contributed by atoms with Crippen molar-refractivity contribution in [1.82, 2.24) is 5.32 Å². The van der Waals surface area contributed by atoms with E-state index in [4.69, 9.17) is 16.7 Å². The predicted octanol–water partition coefficient (Wildman–Crippen LogP) is 4.26. The first-order valence-corrected chi connectivity index (χ1v) is 12.2. The second-order valence-electron chi connectivity index (χ2n) is 9.85. The maximum absolute atomic E-state index is 13.8. The number of hydrogen-bond donors (Lipinski definition) is 4. The highest BCUT2D eigenvalue weighted by molar-refractivity contribution is 6.31. The van der Waals surface area contributed by atoms with Crippen LogP contribution in [-0.4, -0.2) is 45.6 Å². The monoisotopic (exact) mass is 465 g/mol. The fourth-order valence-electron chi connectivity index (χ4n) is 5.47. The summed E-state index contributed by atoms with van der Waals surface area (Å²) in [5.41, 5.74) is 0.944. The van der Waals surface area contributed by atoms with Crippen molar-refractivity contribution in [3.05, 3.63) is 46.8 Å². The van der Waals surface area contributed by atoms with Crippen LogP contribution in [0.2, 0.25) is 5.02 Å². The molecule has 3 fully saturated rings. The number of aliphatic hydroxyl groups is 2. The zero-order valence-corrected chi connectivity index (χ0v) is 18.9. The number of carboxylic acids is 1. The van der Waals surface area contributed by atoms with Crippen LogP contribution in [0.4, 0.5) is 4.39 Å². The van der Waals surface area contributed by atoms with Gasteiger partial charge in [0.1, 0.15) is 5.82 Å². The minimum atomic E-state index is -1.10. The Morgan fingerprint density at radius 2 is 1.97 bits per heavy atom. The zero-order valence-electron chi connectivity index (χ0n) is 18.2. The van der Waals surface area contributed by atoms with Crippen molar-refractivity contribution in [1.29, 1.82) is 0 Å². The van der Waals surface area contributed by atoms with Crippen molar-refractivity contribution >= 4 is 17.6 Å². The molecule has 2 aliphatic carbocycles. The summed E-state index contributed by atoms with van der Waals surface area (Å²) in [6, 6.07) is 5.30. The lowest BCUT2D eigenvalue weighted by Crippen LogP contribution is -2.55. The lowest BCUT2D eigenvalue weighted by atomic mass is 9.65. The van der Waals surface area contributed by atoms with Crippen LogP contribution < -0.4 is 5.32 Å². The molecule has 5 nitrogen and oxygen atoms in total. The van der Waals surface area contributed by atoms with Crippen molar-refractivity contribution in [3.8, 4) is 0 Å². The first kappa shape index (κ1) is 23.7. The van der Waals surface area contributed by atoms with Crippen molar-refractivity contribution in [2.45, 2.75) is 81.6 Å². The van der Waals surface area contributed by atoms with Crippen LogP contribution in [0.3, 0.4) is 0 Å². The number of halogens is 2. The molecule has 1 aromatic carbocycles. The van der Waals surface area contributed by atoms with Crippen LogP contribution >= 0.6 is 11.6 Å². The SMILES string of the molecule is O=C(O)C[C@H](O)C[C@H](O)/C=C/C1C(c2ccc(F)cc2Cl)CC(C2CC2)NC1C1CCC1. The molecule has 2 saturated carbocycles. The van der Waals surface area contributed by atoms with Gasteiger partial charge in [0.25, 0.3) is 0 Å². The molecule has 4 rings (SSSR count). The van der Waals surface area contributed by atoms with Crippen molar-refractivity contribution < 1.29 is 24.5 Å². The minimum absolute atomic E-state index is 0.0241. The number of carboxylic acid groups (broad SMARTS) is 1. The Morgan fingerprint density at radius 1 is 1.22 bits per heavy atom. The second-order valence-corrected chi connectivity index (χ2v) is 10.3. The molecular weight excluding hydrogens is 433 g/mol. The lowest BCUT2D eigenvalue weighted by Gasteiger charge is -2.48. The Labute approximate surface area is 193 Å². The van der Waals surface area contributed by atoms with Gasteiger partial charge in [-0.2, -0.15) is 0 Å². The van der Waals surface area contributed by atoms with Crippen LogP contribution in [0.1, 0.15) is 62.8 Å². The third kappa shape index (κ3) is 5.71. The smallest absolute Gasteiger partial charge is 0.305 e. The molecule has 176 valence electrons. The first-order valence-electron chi connectivity index (χ1n) is 11.8. The van der Waals surface area contributed by atoms with Crippen LogP contribution in [0.5, 0.6) is 0 Å². The number of aliphatic carboxylic acids is 1. The van der Waals surface area contributed by atoms with Crippen LogP contribution in [0, 0.1) is 23.6 Å². The van der Waals surface area contributed by atoms with Crippen molar-refractivity contribution in [2.24, 2.45) is 17.8 Å². The molecule has 1 aromatic rings. The minimum Gasteiger partial charge on any atom is -0.481 e. The fraction of sp³-hybridized carbons (Fsp3) is 0.640. The van der Waals surface area contributed by atoms with Gasteiger partial charge in [0, 0.05) is 23.5 Å². The van der Waals surface area contributed by atoms with Gasteiger partial charge in [0.15, 0.2) is 0 Å².